The number of carbonyl (C=O) groups excluding carboxylic acids is 1. The lowest BCUT2D eigenvalue weighted by Crippen LogP contribution is -2.43. The summed E-state index contributed by atoms with van der Waals surface area (Å²) < 4.78 is 44.7. The minimum Gasteiger partial charge on any atom is -0.461 e. The molecule has 0 spiro atoms. The number of aliphatic hydroxyl groups is 2. The Balaban J connectivity index is 1.42. The third-order valence-corrected chi connectivity index (χ3v) is 9.52. The van der Waals surface area contributed by atoms with E-state index in [1.165, 1.54) is 38.1 Å². The number of aromatic nitrogens is 3. The Morgan fingerprint density at radius 2 is 1.98 bits per heavy atom. The molecule has 5 rings (SSSR count). The molecule has 5 N–H and O–H groups in total. The zero-order valence-corrected chi connectivity index (χ0v) is 27.5. The molecule has 0 aliphatic carbocycles. The number of ether oxygens (including phenoxy) is 3. The van der Waals surface area contributed by atoms with Gasteiger partial charge < -0.3 is 34.7 Å². The maximum Gasteiger partial charge on any atom is 0.459 e. The first-order chi connectivity index (χ1) is 22.3. The molecule has 0 bridgehead atoms. The molecule has 2 aromatic carbocycles. The molecule has 1 fully saturated rings. The average Bonchev–Trinajstić information content (AvgIpc) is 3.60. The van der Waals surface area contributed by atoms with Crippen LogP contribution in [0, 0.1) is 0 Å². The van der Waals surface area contributed by atoms with Gasteiger partial charge in [0, 0.05) is 25.8 Å². The standard InChI is InChI=1S/C31H39N6O9P/c1-19(29(40)43-17-30(2,3)42-5)36-47(41,46-23-12-8-10-20-9-6-7-11-21(20)23)44-15-24-26(38)27(39)31(45-24,16-33-4)25-14-13-22-28(32)34-18-35-37(22)25/h6-14,16,18-19,24,26-27,38-39H,15,17H2,1-5H3,(H,36,41)(H2,32,34,35)/b33-16-/t19-,24+,26+,27+,31-,47?/m0/s1. The first kappa shape index (κ1) is 34.4. The van der Waals surface area contributed by atoms with Gasteiger partial charge in [-0.25, -0.2) is 14.1 Å². The fraction of sp³-hybridized carbons (Fsp3) is 0.419. The largest absolute Gasteiger partial charge is 0.461 e. The summed E-state index contributed by atoms with van der Waals surface area (Å²) in [5, 5.41) is 30.9. The van der Waals surface area contributed by atoms with Crippen molar-refractivity contribution < 1.29 is 42.8 Å². The second kappa shape index (κ2) is 13.6. The Morgan fingerprint density at radius 1 is 1.23 bits per heavy atom. The van der Waals surface area contributed by atoms with Crippen molar-refractivity contribution >= 4 is 42.0 Å². The quantitative estimate of drug-likeness (QED) is 0.0920. The third kappa shape index (κ3) is 7.02. The summed E-state index contributed by atoms with van der Waals surface area (Å²) in [5.74, 6) is -0.316. The molecule has 2 aromatic heterocycles. The van der Waals surface area contributed by atoms with Gasteiger partial charge in [-0.2, -0.15) is 10.2 Å². The number of nitrogen functional groups attached to an aromatic ring is 1. The van der Waals surface area contributed by atoms with Gasteiger partial charge in [0.05, 0.1) is 17.9 Å². The molecule has 1 saturated heterocycles. The van der Waals surface area contributed by atoms with Crippen molar-refractivity contribution in [3.05, 3.63) is 66.6 Å². The van der Waals surface area contributed by atoms with E-state index in [-0.39, 0.29) is 18.2 Å². The van der Waals surface area contributed by atoms with E-state index in [4.69, 9.17) is 29.0 Å². The summed E-state index contributed by atoms with van der Waals surface area (Å²) in [6, 6.07) is 14.6. The van der Waals surface area contributed by atoms with E-state index >= 15 is 0 Å². The lowest BCUT2D eigenvalue weighted by molar-refractivity contribution is -0.153. The number of rotatable bonds is 13. The predicted octanol–water partition coefficient (Wildman–Crippen LogP) is 2.63. The molecule has 0 amide bonds. The van der Waals surface area contributed by atoms with Crippen LogP contribution in [0.4, 0.5) is 5.82 Å². The SMILES string of the molecule is C/N=C\[C@@]1(c2ccc3c(N)ncnn23)O[C@H](COP(=O)(N[C@@H](C)C(=O)OCC(C)(C)OC)Oc2cccc3ccccc23)[C@@H](O)[C@H]1O. The van der Waals surface area contributed by atoms with Crippen molar-refractivity contribution in [2.75, 3.05) is 33.1 Å². The van der Waals surface area contributed by atoms with Crippen molar-refractivity contribution in [1.82, 2.24) is 19.7 Å². The fourth-order valence-electron chi connectivity index (χ4n) is 5.19. The van der Waals surface area contributed by atoms with Gasteiger partial charge in [0.25, 0.3) is 0 Å². The number of hydrogen-bond acceptors (Lipinski definition) is 13. The first-order valence-corrected chi connectivity index (χ1v) is 16.3. The highest BCUT2D eigenvalue weighted by molar-refractivity contribution is 7.52. The van der Waals surface area contributed by atoms with Crippen molar-refractivity contribution in [3.8, 4) is 5.75 Å². The minimum absolute atomic E-state index is 0.0598. The molecule has 16 heteroatoms. The van der Waals surface area contributed by atoms with Crippen LogP contribution in [0.1, 0.15) is 26.5 Å². The lowest BCUT2D eigenvalue weighted by Gasteiger charge is -2.28. The van der Waals surface area contributed by atoms with E-state index in [0.29, 0.717) is 16.6 Å². The maximum atomic E-state index is 14.4. The highest BCUT2D eigenvalue weighted by Gasteiger charge is 2.56. The van der Waals surface area contributed by atoms with Crippen LogP contribution < -0.4 is 15.3 Å². The van der Waals surface area contributed by atoms with Crippen LogP contribution in [-0.2, 0) is 33.7 Å². The number of esters is 1. The summed E-state index contributed by atoms with van der Waals surface area (Å²) in [4.78, 5) is 21.0. The van der Waals surface area contributed by atoms with Crippen LogP contribution in [0.15, 0.2) is 65.9 Å². The van der Waals surface area contributed by atoms with Crippen LogP contribution >= 0.6 is 7.75 Å². The highest BCUT2D eigenvalue weighted by Crippen LogP contribution is 2.48. The zero-order valence-electron chi connectivity index (χ0n) is 26.6. The van der Waals surface area contributed by atoms with Crippen molar-refractivity contribution in [2.24, 2.45) is 4.99 Å². The van der Waals surface area contributed by atoms with Crippen molar-refractivity contribution in [1.29, 1.82) is 0 Å². The molecule has 4 aromatic rings. The summed E-state index contributed by atoms with van der Waals surface area (Å²) in [6.07, 6.45) is -1.76. The highest BCUT2D eigenvalue weighted by atomic mass is 31.2. The molecule has 1 aliphatic rings. The molecular formula is C31H39N6O9P. The number of methoxy groups -OCH3 is 1. The van der Waals surface area contributed by atoms with Gasteiger partial charge in [0.2, 0.25) is 0 Å². The molecule has 6 atom stereocenters. The van der Waals surface area contributed by atoms with Gasteiger partial charge in [-0.15, -0.1) is 0 Å². The van der Waals surface area contributed by atoms with Gasteiger partial charge >= 0.3 is 13.7 Å². The normalized spacial score (nSPS) is 23.7. The van der Waals surface area contributed by atoms with E-state index in [9.17, 15) is 19.6 Å². The van der Waals surface area contributed by atoms with E-state index in [1.807, 2.05) is 18.2 Å². The average molecular weight is 671 g/mol. The number of nitrogens with one attached hydrogen (secondary N) is 1. The molecule has 15 nitrogen and oxygen atoms in total. The smallest absolute Gasteiger partial charge is 0.459 e. The van der Waals surface area contributed by atoms with Crippen LogP contribution in [0.3, 0.4) is 0 Å². The Labute approximate surface area is 271 Å². The molecule has 1 aliphatic heterocycles. The topological polar surface area (TPSA) is 201 Å². The number of nitrogens with zero attached hydrogens (tertiary/aromatic N) is 4. The number of anilines is 1. The van der Waals surface area contributed by atoms with Crippen LogP contribution in [0.25, 0.3) is 16.3 Å². The van der Waals surface area contributed by atoms with Crippen molar-refractivity contribution in [3.63, 3.8) is 0 Å². The van der Waals surface area contributed by atoms with E-state index < -0.39 is 55.9 Å². The maximum absolute atomic E-state index is 14.4. The molecular weight excluding hydrogens is 631 g/mol. The van der Waals surface area contributed by atoms with Gasteiger partial charge in [-0.05, 0) is 44.4 Å². The molecule has 47 heavy (non-hydrogen) atoms. The Morgan fingerprint density at radius 3 is 2.72 bits per heavy atom. The summed E-state index contributed by atoms with van der Waals surface area (Å²) in [5.41, 5.74) is 4.32. The molecule has 1 unspecified atom stereocenters. The second-order valence-electron chi connectivity index (χ2n) is 11.7. The van der Waals surface area contributed by atoms with Gasteiger partial charge in [-0.1, -0.05) is 36.4 Å². The van der Waals surface area contributed by atoms with E-state index in [0.717, 1.165) is 5.39 Å². The molecule has 0 saturated carbocycles. The predicted molar refractivity (Wildman–Crippen MR) is 173 cm³/mol. The molecule has 3 heterocycles. The molecule has 252 valence electrons. The number of aliphatic hydroxyl groups excluding tert-OH is 2. The third-order valence-electron chi connectivity index (χ3n) is 7.89. The first-order valence-electron chi connectivity index (χ1n) is 14.8. The number of fused-ring (bicyclic) bond motifs is 2. The number of benzene rings is 2. The van der Waals surface area contributed by atoms with Gasteiger partial charge in [-0.3, -0.25) is 14.3 Å². The van der Waals surface area contributed by atoms with Crippen LogP contribution in [0.5, 0.6) is 5.75 Å². The van der Waals surface area contributed by atoms with Crippen molar-refractivity contribution in [2.45, 2.75) is 56.3 Å². The fourth-order valence-corrected chi connectivity index (χ4v) is 6.71. The minimum atomic E-state index is -4.42. The zero-order chi connectivity index (χ0) is 34.0. The Hall–Kier alpha value is -3.95. The van der Waals surface area contributed by atoms with Gasteiger partial charge in [0.1, 0.15) is 48.6 Å². The monoisotopic (exact) mass is 670 g/mol. The Bertz CT molecular complexity index is 1810. The second-order valence-corrected chi connectivity index (χ2v) is 13.4. The van der Waals surface area contributed by atoms with Crippen LogP contribution in [-0.4, -0.2) is 94.3 Å². The molecule has 0 radical (unpaired) electrons. The van der Waals surface area contributed by atoms with Crippen LogP contribution in [0.2, 0.25) is 0 Å². The summed E-state index contributed by atoms with van der Waals surface area (Å²) in [6.45, 7) is 4.35. The number of nitrogens with two attached hydrogens (primary N) is 1. The summed E-state index contributed by atoms with van der Waals surface area (Å²) in [7, 11) is -1.44. The Kier molecular flexibility index (Phi) is 9.99. The van der Waals surface area contributed by atoms with E-state index in [1.54, 1.807) is 50.2 Å². The summed E-state index contributed by atoms with van der Waals surface area (Å²) >= 11 is 0. The van der Waals surface area contributed by atoms with E-state index in [2.05, 4.69) is 20.2 Å². The number of aliphatic imine (C=N–C) groups is 1. The van der Waals surface area contributed by atoms with Gasteiger partial charge in [0.15, 0.2) is 11.4 Å². The number of carbonyl (C=O) groups is 1. The lowest BCUT2D eigenvalue weighted by atomic mass is 9.92. The number of hydrogen-bond donors (Lipinski definition) is 4.